The molecular weight excluding hydrogens is 400 g/mol. The van der Waals surface area contributed by atoms with Gasteiger partial charge in [-0.2, -0.15) is 0 Å². The van der Waals surface area contributed by atoms with Gasteiger partial charge in [-0.05, 0) is 30.7 Å². The Labute approximate surface area is 159 Å². The molecule has 0 unspecified atom stereocenters. The van der Waals surface area contributed by atoms with Gasteiger partial charge in [0.2, 0.25) is 5.91 Å². The zero-order chi connectivity index (χ0) is 17.8. The van der Waals surface area contributed by atoms with Gasteiger partial charge in [-0.3, -0.25) is 4.79 Å². The summed E-state index contributed by atoms with van der Waals surface area (Å²) in [4.78, 5) is 12.1. The minimum atomic E-state index is -0.0801. The smallest absolute Gasteiger partial charge is 0.234 e. The summed E-state index contributed by atoms with van der Waals surface area (Å²) in [6, 6.07) is 15.6. The fourth-order valence-corrected chi connectivity index (χ4v) is 3.50. The number of hydrogen-bond acceptors (Lipinski definition) is 4. The molecular formula is C18H17BrN4OS. The molecule has 0 aliphatic rings. The Hall–Kier alpha value is -2.12. The lowest BCUT2D eigenvalue weighted by Gasteiger charge is -2.07. The molecule has 7 heteroatoms. The number of nitrogens with one attached hydrogen (secondary N) is 1. The van der Waals surface area contributed by atoms with Crippen molar-refractivity contribution in [2.75, 3.05) is 11.1 Å². The Morgan fingerprint density at radius 1 is 1.20 bits per heavy atom. The Bertz CT molecular complexity index is 910. The van der Waals surface area contributed by atoms with Crippen molar-refractivity contribution in [1.29, 1.82) is 0 Å². The minimum absolute atomic E-state index is 0.0801. The second-order valence-electron chi connectivity index (χ2n) is 5.53. The van der Waals surface area contributed by atoms with E-state index in [0.717, 1.165) is 27.1 Å². The molecule has 3 rings (SSSR count). The average Bonchev–Trinajstić information content (AvgIpc) is 2.94. The minimum Gasteiger partial charge on any atom is -0.325 e. The molecule has 3 aromatic rings. The number of hydrogen-bond donors (Lipinski definition) is 1. The highest BCUT2D eigenvalue weighted by Gasteiger charge is 2.14. The van der Waals surface area contributed by atoms with Crippen molar-refractivity contribution in [1.82, 2.24) is 14.8 Å². The van der Waals surface area contributed by atoms with Crippen LogP contribution in [0.4, 0.5) is 5.69 Å². The average molecular weight is 417 g/mol. The largest absolute Gasteiger partial charge is 0.325 e. The normalized spacial score (nSPS) is 10.7. The zero-order valence-electron chi connectivity index (χ0n) is 13.9. The van der Waals surface area contributed by atoms with Gasteiger partial charge in [0.15, 0.2) is 11.0 Å². The van der Waals surface area contributed by atoms with Crippen LogP contribution in [-0.4, -0.2) is 26.4 Å². The molecule has 0 bridgehead atoms. The van der Waals surface area contributed by atoms with Gasteiger partial charge in [0.25, 0.3) is 0 Å². The number of anilines is 1. The van der Waals surface area contributed by atoms with Gasteiger partial charge in [-0.1, -0.05) is 58.0 Å². The number of aryl methyl sites for hydroxylation is 1. The maximum atomic E-state index is 12.1. The van der Waals surface area contributed by atoms with Crippen LogP contribution >= 0.6 is 27.7 Å². The molecule has 1 N–H and O–H groups in total. The van der Waals surface area contributed by atoms with Crippen LogP contribution in [0.3, 0.4) is 0 Å². The topological polar surface area (TPSA) is 59.8 Å². The molecule has 0 atom stereocenters. The molecule has 1 heterocycles. The summed E-state index contributed by atoms with van der Waals surface area (Å²) in [5, 5.41) is 12.1. The van der Waals surface area contributed by atoms with Crippen LogP contribution in [0.25, 0.3) is 11.4 Å². The third-order valence-corrected chi connectivity index (χ3v) is 5.18. The Morgan fingerprint density at radius 2 is 2.00 bits per heavy atom. The van der Waals surface area contributed by atoms with Crippen molar-refractivity contribution in [3.8, 4) is 11.4 Å². The van der Waals surface area contributed by atoms with Crippen LogP contribution in [0.5, 0.6) is 0 Å². The summed E-state index contributed by atoms with van der Waals surface area (Å²) in [7, 11) is 1.91. The van der Waals surface area contributed by atoms with Crippen molar-refractivity contribution in [3.63, 3.8) is 0 Å². The van der Waals surface area contributed by atoms with Crippen LogP contribution in [0, 0.1) is 6.92 Å². The maximum absolute atomic E-state index is 12.1. The highest BCUT2D eigenvalue weighted by molar-refractivity contribution is 9.10. The first-order valence-corrected chi connectivity index (χ1v) is 9.46. The van der Waals surface area contributed by atoms with Gasteiger partial charge in [-0.25, -0.2) is 0 Å². The molecule has 1 aromatic heterocycles. The molecule has 2 aromatic carbocycles. The fraction of sp³-hybridized carbons (Fsp3) is 0.167. The van der Waals surface area contributed by atoms with Crippen LogP contribution in [-0.2, 0) is 11.8 Å². The standard InChI is InChI=1S/C18H17BrN4OS/c1-12-6-3-4-9-15(12)17-21-22-18(23(17)2)25-11-16(24)20-14-8-5-7-13(19)10-14/h3-10H,11H2,1-2H3,(H,20,24). The van der Waals surface area contributed by atoms with Crippen LogP contribution in [0.15, 0.2) is 58.2 Å². The van der Waals surface area contributed by atoms with Gasteiger partial charge in [0.1, 0.15) is 0 Å². The first-order chi connectivity index (χ1) is 12.0. The molecule has 0 radical (unpaired) electrons. The van der Waals surface area contributed by atoms with Crippen molar-refractivity contribution >= 4 is 39.3 Å². The summed E-state index contributed by atoms with van der Waals surface area (Å²) in [6.45, 7) is 2.04. The molecule has 5 nitrogen and oxygen atoms in total. The van der Waals surface area contributed by atoms with Gasteiger partial charge in [0.05, 0.1) is 5.75 Å². The molecule has 0 saturated heterocycles. The number of carbonyl (C=O) groups is 1. The van der Waals surface area contributed by atoms with Crippen molar-refractivity contribution < 1.29 is 4.79 Å². The van der Waals surface area contributed by atoms with E-state index in [1.54, 1.807) is 0 Å². The molecule has 1 amide bonds. The number of thioether (sulfide) groups is 1. The number of nitrogens with zero attached hydrogens (tertiary/aromatic N) is 3. The maximum Gasteiger partial charge on any atom is 0.234 e. The third-order valence-electron chi connectivity index (χ3n) is 3.66. The van der Waals surface area contributed by atoms with Crippen LogP contribution < -0.4 is 5.32 Å². The first kappa shape index (κ1) is 17.7. The van der Waals surface area contributed by atoms with E-state index >= 15 is 0 Å². The predicted octanol–water partition coefficient (Wildman–Crippen LogP) is 4.28. The third kappa shape index (κ3) is 4.29. The predicted molar refractivity (Wildman–Crippen MR) is 105 cm³/mol. The number of aromatic nitrogens is 3. The van der Waals surface area contributed by atoms with Gasteiger partial charge in [0, 0.05) is 22.8 Å². The first-order valence-electron chi connectivity index (χ1n) is 7.68. The lowest BCUT2D eigenvalue weighted by atomic mass is 10.1. The monoisotopic (exact) mass is 416 g/mol. The second-order valence-corrected chi connectivity index (χ2v) is 7.39. The summed E-state index contributed by atoms with van der Waals surface area (Å²) < 4.78 is 2.84. The Morgan fingerprint density at radius 3 is 2.76 bits per heavy atom. The van der Waals surface area contributed by atoms with E-state index < -0.39 is 0 Å². The zero-order valence-corrected chi connectivity index (χ0v) is 16.3. The van der Waals surface area contributed by atoms with Crippen LogP contribution in [0.1, 0.15) is 5.56 Å². The van der Waals surface area contributed by atoms with Crippen molar-refractivity contribution in [2.45, 2.75) is 12.1 Å². The molecule has 0 spiro atoms. The van der Waals surface area contributed by atoms with E-state index in [1.165, 1.54) is 11.8 Å². The molecule has 25 heavy (non-hydrogen) atoms. The highest BCUT2D eigenvalue weighted by atomic mass is 79.9. The number of carbonyl (C=O) groups excluding carboxylic acids is 1. The molecule has 0 saturated carbocycles. The van der Waals surface area contributed by atoms with Crippen LogP contribution in [0.2, 0.25) is 0 Å². The summed E-state index contributed by atoms with van der Waals surface area (Å²) in [5.41, 5.74) is 2.95. The van der Waals surface area contributed by atoms with E-state index in [9.17, 15) is 4.79 Å². The Kier molecular flexibility index (Phi) is 5.55. The Balaban J connectivity index is 1.66. The number of benzene rings is 2. The second kappa shape index (κ2) is 7.84. The van der Waals surface area contributed by atoms with Gasteiger partial charge in [-0.15, -0.1) is 10.2 Å². The summed E-state index contributed by atoms with van der Waals surface area (Å²) in [6.07, 6.45) is 0. The lowest BCUT2D eigenvalue weighted by Crippen LogP contribution is -2.14. The van der Waals surface area contributed by atoms with Crippen molar-refractivity contribution in [2.24, 2.45) is 7.05 Å². The van der Waals surface area contributed by atoms with E-state index in [1.807, 2.05) is 67.1 Å². The van der Waals surface area contributed by atoms with Crippen molar-refractivity contribution in [3.05, 3.63) is 58.6 Å². The molecule has 0 aliphatic heterocycles. The van der Waals surface area contributed by atoms with Gasteiger partial charge >= 0.3 is 0 Å². The lowest BCUT2D eigenvalue weighted by molar-refractivity contribution is -0.113. The van der Waals surface area contributed by atoms with E-state index in [2.05, 4.69) is 31.4 Å². The quantitative estimate of drug-likeness (QED) is 0.630. The van der Waals surface area contributed by atoms with Gasteiger partial charge < -0.3 is 9.88 Å². The fourth-order valence-electron chi connectivity index (χ4n) is 2.39. The highest BCUT2D eigenvalue weighted by Crippen LogP contribution is 2.25. The molecule has 0 aliphatic carbocycles. The summed E-state index contributed by atoms with van der Waals surface area (Å²) >= 11 is 4.76. The summed E-state index contributed by atoms with van der Waals surface area (Å²) in [5.74, 6) is 0.989. The van der Waals surface area contributed by atoms with E-state index in [4.69, 9.17) is 0 Å². The molecule has 128 valence electrons. The molecule has 0 fully saturated rings. The van der Waals surface area contributed by atoms with E-state index in [-0.39, 0.29) is 11.7 Å². The number of amides is 1. The number of rotatable bonds is 5. The SMILES string of the molecule is Cc1ccccc1-c1nnc(SCC(=O)Nc2cccc(Br)c2)n1C. The van der Waals surface area contributed by atoms with E-state index in [0.29, 0.717) is 5.16 Å². The number of halogens is 1.